The molecule has 130 valence electrons. The van der Waals surface area contributed by atoms with Crippen LogP contribution in [-0.2, 0) is 9.59 Å². The quantitative estimate of drug-likeness (QED) is 0.900. The number of halogens is 1. The molecule has 1 aromatic rings. The molecule has 0 radical (unpaired) electrons. The number of benzene rings is 1. The summed E-state index contributed by atoms with van der Waals surface area (Å²) in [6.45, 7) is 2.69. The molecule has 1 N–H and O–H groups in total. The number of nitrogens with zero attached hydrogens (tertiary/aromatic N) is 1. The first kappa shape index (κ1) is 17.3. The third-order valence-electron chi connectivity index (χ3n) is 5.40. The normalized spacial score (nSPS) is 27.3. The number of hydrogen-bond donors (Lipinski definition) is 1. The number of anilines is 1. The monoisotopic (exact) mass is 348 g/mol. The van der Waals surface area contributed by atoms with Gasteiger partial charge in [0.1, 0.15) is 0 Å². The Morgan fingerprint density at radius 1 is 1.21 bits per heavy atom. The van der Waals surface area contributed by atoms with Crippen molar-refractivity contribution in [2.75, 3.05) is 11.4 Å². The Labute approximate surface area is 148 Å². The van der Waals surface area contributed by atoms with Gasteiger partial charge in [-0.2, -0.15) is 0 Å². The lowest BCUT2D eigenvalue weighted by molar-refractivity contribution is -0.127. The van der Waals surface area contributed by atoms with Crippen molar-refractivity contribution in [1.82, 2.24) is 5.32 Å². The fourth-order valence-electron chi connectivity index (χ4n) is 3.79. The summed E-state index contributed by atoms with van der Waals surface area (Å²) < 4.78 is 0. The summed E-state index contributed by atoms with van der Waals surface area (Å²) in [5.41, 5.74) is 0.808. The van der Waals surface area contributed by atoms with Crippen molar-refractivity contribution in [1.29, 1.82) is 0 Å². The Morgan fingerprint density at radius 2 is 1.88 bits per heavy atom. The molecule has 24 heavy (non-hydrogen) atoms. The molecule has 0 spiro atoms. The van der Waals surface area contributed by atoms with Crippen molar-refractivity contribution in [2.45, 2.75) is 51.5 Å². The third-order valence-corrected chi connectivity index (χ3v) is 5.66. The lowest BCUT2D eigenvalue weighted by atomic mass is 9.84. The van der Waals surface area contributed by atoms with Crippen molar-refractivity contribution >= 4 is 29.1 Å². The van der Waals surface area contributed by atoms with Crippen molar-refractivity contribution < 1.29 is 9.59 Å². The van der Waals surface area contributed by atoms with E-state index >= 15 is 0 Å². The molecular formula is C19H25ClN2O2. The molecular weight excluding hydrogens is 324 g/mol. The molecule has 1 aliphatic heterocycles. The van der Waals surface area contributed by atoms with Crippen LogP contribution < -0.4 is 10.2 Å². The van der Waals surface area contributed by atoms with Crippen LogP contribution in [-0.4, -0.2) is 24.4 Å². The van der Waals surface area contributed by atoms with Crippen LogP contribution in [0.15, 0.2) is 24.3 Å². The summed E-state index contributed by atoms with van der Waals surface area (Å²) >= 11 is 5.90. The smallest absolute Gasteiger partial charge is 0.227 e. The van der Waals surface area contributed by atoms with E-state index in [1.165, 1.54) is 19.3 Å². The molecule has 1 aromatic carbocycles. The maximum atomic E-state index is 12.5. The lowest BCUT2D eigenvalue weighted by Crippen LogP contribution is -2.41. The number of hydrogen-bond acceptors (Lipinski definition) is 2. The van der Waals surface area contributed by atoms with Crippen molar-refractivity contribution in [3.8, 4) is 0 Å². The highest BCUT2D eigenvalue weighted by atomic mass is 35.5. The van der Waals surface area contributed by atoms with E-state index in [2.05, 4.69) is 12.2 Å². The van der Waals surface area contributed by atoms with Crippen molar-refractivity contribution in [3.05, 3.63) is 29.3 Å². The van der Waals surface area contributed by atoms with Gasteiger partial charge in [-0.3, -0.25) is 9.59 Å². The third kappa shape index (κ3) is 3.92. The number of carbonyl (C=O) groups is 2. The van der Waals surface area contributed by atoms with Crippen LogP contribution in [0.1, 0.15) is 45.4 Å². The Kier molecular flexibility index (Phi) is 5.44. The molecule has 1 atom stereocenters. The summed E-state index contributed by atoms with van der Waals surface area (Å²) in [7, 11) is 0. The van der Waals surface area contributed by atoms with E-state index in [-0.39, 0.29) is 23.8 Å². The van der Waals surface area contributed by atoms with E-state index in [9.17, 15) is 9.59 Å². The summed E-state index contributed by atoms with van der Waals surface area (Å²) in [6, 6.07) is 7.46. The molecule has 1 heterocycles. The number of carbonyl (C=O) groups excluding carboxylic acids is 2. The van der Waals surface area contributed by atoms with E-state index in [1.54, 1.807) is 17.0 Å². The largest absolute Gasteiger partial charge is 0.353 e. The predicted octanol–water partition coefficient (Wildman–Crippen LogP) is 3.78. The molecule has 0 aromatic heterocycles. The maximum absolute atomic E-state index is 12.5. The summed E-state index contributed by atoms with van der Waals surface area (Å²) in [5, 5.41) is 3.81. The topological polar surface area (TPSA) is 49.4 Å². The van der Waals surface area contributed by atoms with Crippen LogP contribution in [0, 0.1) is 11.8 Å². The molecule has 3 rings (SSSR count). The van der Waals surface area contributed by atoms with Gasteiger partial charge in [0.2, 0.25) is 11.8 Å². The van der Waals surface area contributed by atoms with Crippen LogP contribution in [0.2, 0.25) is 5.02 Å². The molecule has 5 heteroatoms. The van der Waals surface area contributed by atoms with Gasteiger partial charge in [-0.25, -0.2) is 0 Å². The molecule has 2 fully saturated rings. The van der Waals surface area contributed by atoms with Gasteiger partial charge < -0.3 is 10.2 Å². The molecule has 2 aliphatic rings. The Balaban J connectivity index is 1.55. The van der Waals surface area contributed by atoms with E-state index in [4.69, 9.17) is 11.6 Å². The minimum Gasteiger partial charge on any atom is -0.353 e. The van der Waals surface area contributed by atoms with E-state index in [0.29, 0.717) is 18.0 Å². The lowest BCUT2D eigenvalue weighted by Gasteiger charge is -2.29. The molecule has 0 unspecified atom stereocenters. The van der Waals surface area contributed by atoms with Gasteiger partial charge in [-0.05, 0) is 55.9 Å². The average Bonchev–Trinajstić information content (AvgIpc) is 2.98. The summed E-state index contributed by atoms with van der Waals surface area (Å²) in [4.78, 5) is 26.5. The fourth-order valence-corrected chi connectivity index (χ4v) is 3.91. The molecule has 1 aliphatic carbocycles. The van der Waals surface area contributed by atoms with Gasteiger partial charge in [0.05, 0.1) is 5.92 Å². The Bertz CT molecular complexity index is 594. The first-order chi connectivity index (χ1) is 11.6. The maximum Gasteiger partial charge on any atom is 0.227 e. The molecule has 2 amide bonds. The summed E-state index contributed by atoms with van der Waals surface area (Å²) in [6.07, 6.45) is 6.04. The Morgan fingerprint density at radius 3 is 2.50 bits per heavy atom. The highest BCUT2D eigenvalue weighted by molar-refractivity contribution is 6.30. The molecule has 0 bridgehead atoms. The van der Waals surface area contributed by atoms with Crippen LogP contribution in [0.4, 0.5) is 5.69 Å². The summed E-state index contributed by atoms with van der Waals surface area (Å²) in [5.74, 6) is 0.593. The number of amides is 2. The van der Waals surface area contributed by atoms with Crippen molar-refractivity contribution in [3.63, 3.8) is 0 Å². The average molecular weight is 349 g/mol. The Hall–Kier alpha value is -1.55. The van der Waals surface area contributed by atoms with Crippen LogP contribution in [0.3, 0.4) is 0 Å². The number of nitrogens with one attached hydrogen (secondary N) is 1. The van der Waals surface area contributed by atoms with Gasteiger partial charge in [-0.1, -0.05) is 24.9 Å². The first-order valence-electron chi connectivity index (χ1n) is 8.93. The highest BCUT2D eigenvalue weighted by Crippen LogP contribution is 2.29. The second-order valence-corrected chi connectivity index (χ2v) is 7.45. The molecule has 4 nitrogen and oxygen atoms in total. The van der Waals surface area contributed by atoms with Crippen LogP contribution >= 0.6 is 11.6 Å². The van der Waals surface area contributed by atoms with E-state index in [0.717, 1.165) is 24.4 Å². The zero-order chi connectivity index (χ0) is 17.1. The molecule has 1 saturated heterocycles. The highest BCUT2D eigenvalue weighted by Gasteiger charge is 2.36. The SMILES string of the molecule is CCC1CCC(NC(=O)[C@@H]2CC(=O)N(c3ccc(Cl)cc3)C2)CC1. The standard InChI is InChI=1S/C19H25ClN2O2/c1-2-13-3-7-16(8-4-13)21-19(24)14-11-18(23)22(12-14)17-9-5-15(20)6-10-17/h5-6,9-10,13-14,16H,2-4,7-8,11-12H2,1H3,(H,21,24)/t13?,14-,16?/m1/s1. The minimum absolute atomic E-state index is 0.00663. The van der Waals surface area contributed by atoms with E-state index in [1.807, 2.05) is 12.1 Å². The minimum atomic E-state index is -0.253. The zero-order valence-electron chi connectivity index (χ0n) is 14.1. The first-order valence-corrected chi connectivity index (χ1v) is 9.31. The van der Waals surface area contributed by atoms with Crippen molar-refractivity contribution in [2.24, 2.45) is 11.8 Å². The van der Waals surface area contributed by atoms with E-state index < -0.39 is 0 Å². The number of rotatable bonds is 4. The fraction of sp³-hybridized carbons (Fsp3) is 0.579. The second kappa shape index (κ2) is 7.56. The molecule has 1 saturated carbocycles. The second-order valence-electron chi connectivity index (χ2n) is 7.02. The van der Waals surface area contributed by atoms with Gasteiger partial charge >= 0.3 is 0 Å². The van der Waals surface area contributed by atoms with Gasteiger partial charge in [0.15, 0.2) is 0 Å². The zero-order valence-corrected chi connectivity index (χ0v) is 14.9. The van der Waals surface area contributed by atoms with Gasteiger partial charge in [0, 0.05) is 29.7 Å². The van der Waals surface area contributed by atoms with Crippen LogP contribution in [0.5, 0.6) is 0 Å². The van der Waals surface area contributed by atoms with Gasteiger partial charge in [-0.15, -0.1) is 0 Å². The van der Waals surface area contributed by atoms with Gasteiger partial charge in [0.25, 0.3) is 0 Å². The van der Waals surface area contributed by atoms with Crippen LogP contribution in [0.25, 0.3) is 0 Å². The predicted molar refractivity (Wildman–Crippen MR) is 96.1 cm³/mol.